The zero-order chi connectivity index (χ0) is 16.7. The molecule has 2 rings (SSSR count). The molecule has 1 N–H and O–H groups in total. The molecule has 1 aromatic rings. The standard InChI is InChI=1S/C16H19F3N2O/c1-10-13(15(2,3)22)6-7-21(10)12-5-4-11(9-20)14(8-12)16(17,18)19/h4-5,8,10,13,22H,6-7H2,1-3H3/t10-,13-/m0/s1. The number of benzene rings is 1. The number of rotatable bonds is 2. The van der Waals surface area contributed by atoms with Crippen LogP contribution >= 0.6 is 0 Å². The number of nitrogens with zero attached hydrogens (tertiary/aromatic N) is 2. The van der Waals surface area contributed by atoms with Crippen LogP contribution < -0.4 is 4.90 Å². The minimum atomic E-state index is -4.56. The van der Waals surface area contributed by atoms with Gasteiger partial charge in [-0.1, -0.05) is 0 Å². The largest absolute Gasteiger partial charge is 0.417 e. The van der Waals surface area contributed by atoms with E-state index >= 15 is 0 Å². The van der Waals surface area contributed by atoms with Crippen molar-refractivity contribution in [3.63, 3.8) is 0 Å². The average Bonchev–Trinajstić information content (AvgIpc) is 2.78. The lowest BCUT2D eigenvalue weighted by molar-refractivity contribution is -0.137. The van der Waals surface area contributed by atoms with Crippen molar-refractivity contribution in [1.29, 1.82) is 5.26 Å². The Kier molecular flexibility index (Phi) is 4.14. The highest BCUT2D eigenvalue weighted by Gasteiger charge is 2.40. The van der Waals surface area contributed by atoms with Gasteiger partial charge in [0, 0.05) is 24.2 Å². The molecule has 0 radical (unpaired) electrons. The molecule has 1 aliphatic heterocycles. The maximum Gasteiger partial charge on any atom is 0.417 e. The Morgan fingerprint density at radius 1 is 1.32 bits per heavy atom. The Bertz CT molecular complexity index is 599. The molecule has 1 aromatic carbocycles. The van der Waals surface area contributed by atoms with Gasteiger partial charge >= 0.3 is 6.18 Å². The predicted molar refractivity (Wildman–Crippen MR) is 77.4 cm³/mol. The number of nitriles is 1. The fourth-order valence-corrected chi connectivity index (χ4v) is 3.29. The number of aliphatic hydroxyl groups is 1. The summed E-state index contributed by atoms with van der Waals surface area (Å²) in [5, 5.41) is 19.0. The third kappa shape index (κ3) is 3.05. The van der Waals surface area contributed by atoms with Gasteiger partial charge in [0.1, 0.15) is 0 Å². The van der Waals surface area contributed by atoms with E-state index in [1.54, 1.807) is 19.9 Å². The summed E-state index contributed by atoms with van der Waals surface area (Å²) in [6.07, 6.45) is -3.84. The number of hydrogen-bond acceptors (Lipinski definition) is 3. The number of alkyl halides is 3. The first-order valence-electron chi connectivity index (χ1n) is 7.16. The second-order valence-corrected chi connectivity index (χ2v) is 6.32. The van der Waals surface area contributed by atoms with E-state index in [1.165, 1.54) is 12.1 Å². The highest BCUT2D eigenvalue weighted by Crippen LogP contribution is 2.39. The van der Waals surface area contributed by atoms with Crippen LogP contribution in [0.15, 0.2) is 18.2 Å². The summed E-state index contributed by atoms with van der Waals surface area (Å²) in [5.41, 5.74) is -1.73. The molecule has 0 bridgehead atoms. The normalized spacial score (nSPS) is 22.7. The highest BCUT2D eigenvalue weighted by molar-refractivity contribution is 5.56. The van der Waals surface area contributed by atoms with Gasteiger partial charge in [0.15, 0.2) is 0 Å². The molecule has 1 heterocycles. The van der Waals surface area contributed by atoms with Gasteiger partial charge in [-0.15, -0.1) is 0 Å². The van der Waals surface area contributed by atoms with E-state index in [9.17, 15) is 18.3 Å². The van der Waals surface area contributed by atoms with Gasteiger partial charge in [-0.05, 0) is 45.4 Å². The van der Waals surface area contributed by atoms with Crippen LogP contribution in [0.3, 0.4) is 0 Å². The molecule has 2 atom stereocenters. The van der Waals surface area contributed by atoms with Crippen molar-refractivity contribution in [1.82, 2.24) is 0 Å². The van der Waals surface area contributed by atoms with E-state index in [0.717, 1.165) is 6.07 Å². The SMILES string of the molecule is C[C@H]1[C@@H](C(C)(C)O)CCN1c1ccc(C#N)c(C(F)(F)F)c1. The van der Waals surface area contributed by atoms with Crippen molar-refractivity contribution >= 4 is 5.69 Å². The van der Waals surface area contributed by atoms with E-state index in [-0.39, 0.29) is 17.5 Å². The first kappa shape index (κ1) is 16.6. The lowest BCUT2D eigenvalue weighted by Crippen LogP contribution is -2.40. The third-order valence-corrected chi connectivity index (χ3v) is 4.42. The third-order valence-electron chi connectivity index (χ3n) is 4.42. The van der Waals surface area contributed by atoms with Crippen molar-refractivity contribution < 1.29 is 18.3 Å². The Morgan fingerprint density at radius 2 is 1.95 bits per heavy atom. The number of halogens is 3. The first-order valence-corrected chi connectivity index (χ1v) is 7.16. The molecule has 0 amide bonds. The van der Waals surface area contributed by atoms with E-state index in [1.807, 2.05) is 11.8 Å². The Morgan fingerprint density at radius 3 is 2.41 bits per heavy atom. The molecule has 1 fully saturated rings. The summed E-state index contributed by atoms with van der Waals surface area (Å²) in [7, 11) is 0. The zero-order valence-corrected chi connectivity index (χ0v) is 12.8. The molecule has 0 unspecified atom stereocenters. The van der Waals surface area contributed by atoms with E-state index < -0.39 is 17.3 Å². The zero-order valence-electron chi connectivity index (χ0n) is 12.8. The quantitative estimate of drug-likeness (QED) is 0.908. The fourth-order valence-electron chi connectivity index (χ4n) is 3.29. The molecule has 120 valence electrons. The minimum absolute atomic E-state index is 0.0162. The van der Waals surface area contributed by atoms with Crippen LogP contribution in [0.25, 0.3) is 0 Å². The molecule has 1 aliphatic rings. The maximum absolute atomic E-state index is 13.1. The second kappa shape index (κ2) is 5.47. The van der Waals surface area contributed by atoms with Crippen molar-refractivity contribution in [2.45, 2.75) is 45.0 Å². The second-order valence-electron chi connectivity index (χ2n) is 6.32. The van der Waals surface area contributed by atoms with E-state index in [2.05, 4.69) is 0 Å². The van der Waals surface area contributed by atoms with Crippen LogP contribution in [0.5, 0.6) is 0 Å². The van der Waals surface area contributed by atoms with Crippen molar-refractivity contribution in [3.8, 4) is 6.07 Å². The molecular weight excluding hydrogens is 293 g/mol. The van der Waals surface area contributed by atoms with Crippen LogP contribution in [0.4, 0.5) is 18.9 Å². The molecule has 3 nitrogen and oxygen atoms in total. The van der Waals surface area contributed by atoms with Gasteiger partial charge in [-0.2, -0.15) is 18.4 Å². The van der Waals surface area contributed by atoms with Gasteiger partial charge in [0.2, 0.25) is 0 Å². The van der Waals surface area contributed by atoms with Gasteiger partial charge in [-0.3, -0.25) is 0 Å². The van der Waals surface area contributed by atoms with Gasteiger partial charge in [0.05, 0.1) is 22.8 Å². The van der Waals surface area contributed by atoms with Crippen molar-refractivity contribution in [2.75, 3.05) is 11.4 Å². The first-order chi connectivity index (χ1) is 10.1. The summed E-state index contributed by atoms with van der Waals surface area (Å²) in [6, 6.07) is 5.29. The molecule has 0 saturated carbocycles. The van der Waals surface area contributed by atoms with Crippen LogP contribution in [-0.2, 0) is 6.18 Å². The monoisotopic (exact) mass is 312 g/mol. The number of hydrogen-bond donors (Lipinski definition) is 1. The molecule has 1 saturated heterocycles. The Labute approximate surface area is 128 Å². The average molecular weight is 312 g/mol. The topological polar surface area (TPSA) is 47.3 Å². The van der Waals surface area contributed by atoms with Crippen LogP contribution in [0, 0.1) is 17.2 Å². The predicted octanol–water partition coefficient (Wildman–Crippen LogP) is 3.56. The summed E-state index contributed by atoms with van der Waals surface area (Å²) in [6.45, 7) is 5.93. The summed E-state index contributed by atoms with van der Waals surface area (Å²) >= 11 is 0. The summed E-state index contributed by atoms with van der Waals surface area (Å²) in [4.78, 5) is 1.86. The summed E-state index contributed by atoms with van der Waals surface area (Å²) in [5.74, 6) is -0.0162. The lowest BCUT2D eigenvalue weighted by Gasteiger charge is -2.33. The molecule has 22 heavy (non-hydrogen) atoms. The maximum atomic E-state index is 13.1. The molecule has 0 aliphatic carbocycles. The summed E-state index contributed by atoms with van der Waals surface area (Å²) < 4.78 is 39.2. The van der Waals surface area contributed by atoms with Crippen molar-refractivity contribution in [2.24, 2.45) is 5.92 Å². The smallest absolute Gasteiger partial charge is 0.390 e. The molecular formula is C16H19F3N2O. The number of anilines is 1. The van der Waals surface area contributed by atoms with Crippen LogP contribution in [0.1, 0.15) is 38.3 Å². The molecule has 0 spiro atoms. The van der Waals surface area contributed by atoms with Crippen molar-refractivity contribution in [3.05, 3.63) is 29.3 Å². The van der Waals surface area contributed by atoms with Crippen LogP contribution in [-0.4, -0.2) is 23.3 Å². The molecule has 0 aromatic heterocycles. The molecule has 6 heteroatoms. The van der Waals surface area contributed by atoms with Gasteiger partial charge in [-0.25, -0.2) is 0 Å². The highest BCUT2D eigenvalue weighted by atomic mass is 19.4. The minimum Gasteiger partial charge on any atom is -0.390 e. The van der Waals surface area contributed by atoms with Gasteiger partial charge < -0.3 is 10.0 Å². The lowest BCUT2D eigenvalue weighted by atomic mass is 9.85. The van der Waals surface area contributed by atoms with E-state index in [0.29, 0.717) is 18.7 Å². The Hall–Kier alpha value is -1.74. The van der Waals surface area contributed by atoms with E-state index in [4.69, 9.17) is 5.26 Å². The van der Waals surface area contributed by atoms with Crippen LogP contribution in [0.2, 0.25) is 0 Å². The van der Waals surface area contributed by atoms with Gasteiger partial charge in [0.25, 0.3) is 0 Å². The Balaban J connectivity index is 2.37. The fraction of sp³-hybridized carbons (Fsp3) is 0.562.